The van der Waals surface area contributed by atoms with Gasteiger partial charge in [0.15, 0.2) is 5.78 Å². The third kappa shape index (κ3) is 5.00. The fourth-order valence-corrected chi connectivity index (χ4v) is 6.07. The number of fused-ring (bicyclic) bond motifs is 1. The van der Waals surface area contributed by atoms with E-state index in [-0.39, 0.29) is 28.6 Å². The van der Waals surface area contributed by atoms with Crippen LogP contribution in [0.2, 0.25) is 15.1 Å². The summed E-state index contributed by atoms with van der Waals surface area (Å²) in [6, 6.07) is 13.9. The minimum atomic E-state index is -1.34. The average Bonchev–Trinajstić information content (AvgIpc) is 3.16. The van der Waals surface area contributed by atoms with Crippen LogP contribution in [0.4, 0.5) is 15.8 Å². The molecule has 36 heavy (non-hydrogen) atoms. The second kappa shape index (κ2) is 9.62. The number of nitrogens with zero attached hydrogens (tertiary/aromatic N) is 1. The van der Waals surface area contributed by atoms with Crippen LogP contribution >= 0.6 is 58.0 Å². The summed E-state index contributed by atoms with van der Waals surface area (Å²) < 4.78 is 12.2. The molecule has 0 aromatic heterocycles. The molecule has 2 unspecified atom stereocenters. The minimum Gasteiger partial charge on any atom is -0.326 e. The van der Waals surface area contributed by atoms with Crippen LogP contribution < -0.4 is 5.32 Å². The van der Waals surface area contributed by atoms with Gasteiger partial charge in [0, 0.05) is 45.8 Å². The molecule has 1 amide bonds. The van der Waals surface area contributed by atoms with E-state index in [0.29, 0.717) is 39.1 Å². The Balaban J connectivity index is 1.30. The molecule has 1 aliphatic carbocycles. The molecule has 0 bridgehead atoms. The van der Waals surface area contributed by atoms with Gasteiger partial charge in [0.25, 0.3) is 0 Å². The zero-order valence-corrected chi connectivity index (χ0v) is 22.1. The average molecular weight is 585 g/mol. The van der Waals surface area contributed by atoms with Crippen molar-refractivity contribution in [1.29, 1.82) is 0 Å². The highest BCUT2D eigenvalue weighted by Crippen LogP contribution is 2.65. The topological polar surface area (TPSA) is 58.5 Å². The summed E-state index contributed by atoms with van der Waals surface area (Å²) in [5, 5.41) is 3.83. The summed E-state index contributed by atoms with van der Waals surface area (Å²) in [7, 11) is 0. The molecule has 5 rings (SSSR count). The molecule has 0 spiro atoms. The molecule has 3 aromatic carbocycles. The molecular formula is C26H16Cl5FN2O2. The number of Topliss-reactive ketones (excluding diaryl/α,β-unsaturated/α-hetero) is 1. The standard InChI is InChI=1S/C26H16Cl5FN2O2/c27-14-5-13(6-15(28)9-14)23-24(26(23,30)31)25(36)34-17-2-3-20(29)19(10-17)22(35)11-18-8-12-7-16(32)1-4-21(12)33-18/h1-7,9-10,23-24H,8,11H2,(H,34,36). The van der Waals surface area contributed by atoms with E-state index in [0.717, 1.165) is 5.56 Å². The summed E-state index contributed by atoms with van der Waals surface area (Å²) in [5.74, 6) is -2.30. The van der Waals surface area contributed by atoms with Gasteiger partial charge in [-0.15, -0.1) is 23.2 Å². The summed E-state index contributed by atoms with van der Waals surface area (Å²) in [6.07, 6.45) is 0.400. The highest BCUT2D eigenvalue weighted by Gasteiger charge is 2.67. The predicted molar refractivity (Wildman–Crippen MR) is 143 cm³/mol. The highest BCUT2D eigenvalue weighted by atomic mass is 35.5. The zero-order valence-electron chi connectivity index (χ0n) is 18.3. The molecule has 4 nitrogen and oxygen atoms in total. The summed E-state index contributed by atoms with van der Waals surface area (Å²) in [5.41, 5.74) is 3.25. The fourth-order valence-electron chi connectivity index (χ4n) is 4.48. The van der Waals surface area contributed by atoms with E-state index in [2.05, 4.69) is 10.3 Å². The van der Waals surface area contributed by atoms with Crippen molar-refractivity contribution in [3.05, 3.63) is 92.2 Å². The first-order valence-electron chi connectivity index (χ1n) is 10.8. The van der Waals surface area contributed by atoms with Gasteiger partial charge in [-0.1, -0.05) is 34.8 Å². The minimum absolute atomic E-state index is 0.0140. The first kappa shape index (κ1) is 25.5. The quantitative estimate of drug-likeness (QED) is 0.235. The van der Waals surface area contributed by atoms with Gasteiger partial charge < -0.3 is 5.32 Å². The van der Waals surface area contributed by atoms with Gasteiger partial charge in [-0.25, -0.2) is 4.39 Å². The number of alkyl halides is 2. The smallest absolute Gasteiger partial charge is 0.231 e. The molecule has 10 heteroatoms. The lowest BCUT2D eigenvalue weighted by Crippen LogP contribution is -2.17. The normalized spacial score (nSPS) is 19.4. The van der Waals surface area contributed by atoms with E-state index in [1.165, 1.54) is 24.3 Å². The van der Waals surface area contributed by atoms with E-state index < -0.39 is 22.1 Å². The van der Waals surface area contributed by atoms with Crippen molar-refractivity contribution in [1.82, 2.24) is 0 Å². The van der Waals surface area contributed by atoms with Gasteiger partial charge in [0.2, 0.25) is 5.91 Å². The third-order valence-electron chi connectivity index (χ3n) is 6.19. The summed E-state index contributed by atoms with van der Waals surface area (Å²) >= 11 is 31.3. The van der Waals surface area contributed by atoms with Crippen LogP contribution in [0, 0.1) is 11.7 Å². The number of benzene rings is 3. The Morgan fingerprint density at radius 1 is 1.00 bits per heavy atom. The maximum Gasteiger partial charge on any atom is 0.231 e. The lowest BCUT2D eigenvalue weighted by Gasteiger charge is -2.09. The molecular weight excluding hydrogens is 569 g/mol. The van der Waals surface area contributed by atoms with Crippen LogP contribution in [0.1, 0.15) is 33.8 Å². The SMILES string of the molecule is O=C(CC1=Nc2ccc(F)cc2C1)c1cc(NC(=O)C2C(c3cc(Cl)cc(Cl)c3)C2(Cl)Cl)ccc1Cl. The molecule has 2 atom stereocenters. The number of carbonyl (C=O) groups is 2. The van der Waals surface area contributed by atoms with E-state index in [4.69, 9.17) is 58.0 Å². The summed E-state index contributed by atoms with van der Waals surface area (Å²) in [6.45, 7) is 0. The Morgan fingerprint density at radius 2 is 1.72 bits per heavy atom. The molecule has 0 saturated heterocycles. The second-order valence-electron chi connectivity index (χ2n) is 8.74. The molecule has 2 aliphatic rings. The molecule has 1 heterocycles. The molecule has 1 N–H and O–H groups in total. The van der Waals surface area contributed by atoms with E-state index in [1.54, 1.807) is 30.3 Å². The van der Waals surface area contributed by atoms with Gasteiger partial charge in [0.1, 0.15) is 10.2 Å². The zero-order chi connectivity index (χ0) is 25.8. The van der Waals surface area contributed by atoms with Crippen molar-refractivity contribution in [2.24, 2.45) is 10.9 Å². The first-order valence-corrected chi connectivity index (χ1v) is 12.7. The number of amides is 1. The number of hydrogen-bond donors (Lipinski definition) is 1. The van der Waals surface area contributed by atoms with E-state index >= 15 is 0 Å². The number of anilines is 1. The Kier molecular flexibility index (Phi) is 6.81. The highest BCUT2D eigenvalue weighted by molar-refractivity contribution is 6.53. The van der Waals surface area contributed by atoms with E-state index in [9.17, 15) is 14.0 Å². The molecule has 0 radical (unpaired) electrons. The summed E-state index contributed by atoms with van der Waals surface area (Å²) in [4.78, 5) is 30.5. The van der Waals surface area contributed by atoms with Crippen LogP contribution in [0.3, 0.4) is 0 Å². The van der Waals surface area contributed by atoms with E-state index in [1.807, 2.05) is 0 Å². The van der Waals surface area contributed by atoms with Crippen LogP contribution in [0.25, 0.3) is 0 Å². The van der Waals surface area contributed by atoms with Crippen molar-refractivity contribution >= 4 is 86.8 Å². The van der Waals surface area contributed by atoms with Gasteiger partial charge in [-0.05, 0) is 65.7 Å². The third-order valence-corrected chi connectivity index (χ3v) is 7.90. The molecule has 184 valence electrons. The largest absolute Gasteiger partial charge is 0.326 e. The molecule has 1 fully saturated rings. The van der Waals surface area contributed by atoms with Crippen molar-refractivity contribution in [2.75, 3.05) is 5.32 Å². The number of halogens is 6. The van der Waals surface area contributed by atoms with Gasteiger partial charge >= 0.3 is 0 Å². The number of rotatable bonds is 6. The van der Waals surface area contributed by atoms with Crippen molar-refractivity contribution < 1.29 is 14.0 Å². The van der Waals surface area contributed by atoms with Crippen molar-refractivity contribution in [3.8, 4) is 0 Å². The molecule has 1 saturated carbocycles. The Labute approximate surface area is 231 Å². The Bertz CT molecular complexity index is 1440. The number of aliphatic imine (C=N–C) groups is 1. The second-order valence-corrected chi connectivity index (χ2v) is 11.5. The maximum atomic E-state index is 13.5. The number of nitrogens with one attached hydrogen (secondary N) is 1. The van der Waals surface area contributed by atoms with Crippen LogP contribution in [0.15, 0.2) is 59.6 Å². The number of ketones is 1. The predicted octanol–water partition coefficient (Wildman–Crippen LogP) is 8.21. The fraction of sp³-hybridized carbons (Fsp3) is 0.192. The van der Waals surface area contributed by atoms with Crippen LogP contribution in [0.5, 0.6) is 0 Å². The van der Waals surface area contributed by atoms with Crippen molar-refractivity contribution in [2.45, 2.75) is 23.1 Å². The van der Waals surface area contributed by atoms with Crippen molar-refractivity contribution in [3.63, 3.8) is 0 Å². The monoisotopic (exact) mass is 582 g/mol. The van der Waals surface area contributed by atoms with Crippen LogP contribution in [-0.2, 0) is 11.2 Å². The maximum absolute atomic E-state index is 13.5. The Hall–Kier alpha value is -2.15. The van der Waals surface area contributed by atoms with Gasteiger partial charge in [-0.2, -0.15) is 0 Å². The molecule has 3 aromatic rings. The first-order chi connectivity index (χ1) is 17.0. The van der Waals surface area contributed by atoms with Gasteiger partial charge in [0.05, 0.1) is 16.6 Å². The number of carbonyl (C=O) groups excluding carboxylic acids is 2. The van der Waals surface area contributed by atoms with Crippen LogP contribution in [-0.4, -0.2) is 21.7 Å². The van der Waals surface area contributed by atoms with Gasteiger partial charge in [-0.3, -0.25) is 14.6 Å². The lowest BCUT2D eigenvalue weighted by atomic mass is 10.0. The Morgan fingerprint density at radius 3 is 2.44 bits per heavy atom. The number of hydrogen-bond acceptors (Lipinski definition) is 3. The lowest BCUT2D eigenvalue weighted by molar-refractivity contribution is -0.117. The molecule has 1 aliphatic heterocycles.